The average Bonchev–Trinajstić information content (AvgIpc) is 3.06. The molecule has 0 bridgehead atoms. The number of aliphatic hydroxyl groups is 1. The summed E-state index contributed by atoms with van der Waals surface area (Å²) in [6, 6.07) is 5.61. The Hall–Kier alpha value is -1.56. The molecule has 0 radical (unpaired) electrons. The maximum atomic E-state index is 12.7. The minimum Gasteiger partial charge on any atom is -0.396 e. The Labute approximate surface area is 158 Å². The number of rotatable bonds is 4. The first-order chi connectivity index (χ1) is 12.8. The zero-order chi connectivity index (χ0) is 19.7. The van der Waals surface area contributed by atoms with Gasteiger partial charge in [-0.25, -0.2) is 0 Å². The van der Waals surface area contributed by atoms with Crippen LogP contribution >= 0.6 is 0 Å². The van der Waals surface area contributed by atoms with Crippen LogP contribution in [0.5, 0.6) is 0 Å². The second kappa shape index (κ2) is 7.82. The van der Waals surface area contributed by atoms with E-state index in [2.05, 4.69) is 0 Å². The van der Waals surface area contributed by atoms with Gasteiger partial charge in [0.15, 0.2) is 0 Å². The van der Waals surface area contributed by atoms with Crippen LogP contribution in [0, 0.1) is 11.3 Å². The number of likely N-dealkylation sites (tertiary alicyclic amines) is 1. The van der Waals surface area contributed by atoms with E-state index in [0.717, 1.165) is 50.8 Å². The Morgan fingerprint density at radius 1 is 1.22 bits per heavy atom. The van der Waals surface area contributed by atoms with Crippen LogP contribution in [0.1, 0.15) is 62.5 Å². The van der Waals surface area contributed by atoms with Crippen LogP contribution < -0.4 is 0 Å². The Kier molecular flexibility index (Phi) is 5.84. The van der Waals surface area contributed by atoms with Crippen molar-refractivity contribution in [3.05, 3.63) is 35.4 Å². The maximum absolute atomic E-state index is 12.7. The molecule has 1 aromatic rings. The van der Waals surface area contributed by atoms with Crippen molar-refractivity contribution >= 4 is 5.91 Å². The number of benzene rings is 1. The lowest BCUT2D eigenvalue weighted by atomic mass is 9.75. The van der Waals surface area contributed by atoms with Gasteiger partial charge in [-0.05, 0) is 67.6 Å². The monoisotopic (exact) mass is 383 g/mol. The molecule has 1 amide bonds. The molecular weight excluding hydrogens is 355 g/mol. The summed E-state index contributed by atoms with van der Waals surface area (Å²) in [5, 5.41) is 9.34. The van der Waals surface area contributed by atoms with Gasteiger partial charge < -0.3 is 10.0 Å². The number of alkyl halides is 3. The van der Waals surface area contributed by atoms with Gasteiger partial charge in [0.2, 0.25) is 5.91 Å². The third kappa shape index (κ3) is 4.31. The smallest absolute Gasteiger partial charge is 0.396 e. The molecule has 1 aromatic carbocycles. The molecule has 1 saturated carbocycles. The lowest BCUT2D eigenvalue weighted by Crippen LogP contribution is -2.45. The first-order valence-corrected chi connectivity index (χ1v) is 9.85. The molecule has 1 aliphatic carbocycles. The number of amides is 1. The summed E-state index contributed by atoms with van der Waals surface area (Å²) in [7, 11) is 0. The Morgan fingerprint density at radius 2 is 1.85 bits per heavy atom. The van der Waals surface area contributed by atoms with Gasteiger partial charge in [-0.1, -0.05) is 19.1 Å². The number of carbonyl (C=O) groups excluding carboxylic acids is 1. The molecule has 2 atom stereocenters. The summed E-state index contributed by atoms with van der Waals surface area (Å²) < 4.78 is 38.2. The van der Waals surface area contributed by atoms with E-state index in [0.29, 0.717) is 12.3 Å². The standard InChI is InChI=1S/C21H28F3NO2/c1-2-15(14-26)19(27)25-11-9-20(10-12-25)8-7-17(13-20)16-3-5-18(6-4-16)21(22,23)24/h3-6,15,17,26H,2,7-14H2,1H3/t15-,17?/m1/s1. The summed E-state index contributed by atoms with van der Waals surface area (Å²) in [5.41, 5.74) is 0.593. The van der Waals surface area contributed by atoms with Gasteiger partial charge in [-0.3, -0.25) is 4.79 Å². The topological polar surface area (TPSA) is 40.5 Å². The number of carbonyl (C=O) groups is 1. The third-order valence-corrected chi connectivity index (χ3v) is 6.61. The van der Waals surface area contributed by atoms with Crippen molar-refractivity contribution in [2.45, 2.75) is 57.5 Å². The second-order valence-corrected chi connectivity index (χ2v) is 8.17. The number of halogens is 3. The minimum atomic E-state index is -4.29. The van der Waals surface area contributed by atoms with Crippen LogP contribution in [0.3, 0.4) is 0 Å². The van der Waals surface area contributed by atoms with E-state index in [4.69, 9.17) is 0 Å². The Bertz CT molecular complexity index is 644. The van der Waals surface area contributed by atoms with E-state index in [1.165, 1.54) is 12.1 Å². The van der Waals surface area contributed by atoms with Gasteiger partial charge in [0, 0.05) is 13.1 Å². The number of hydrogen-bond donors (Lipinski definition) is 1. The summed E-state index contributed by atoms with van der Waals surface area (Å²) in [4.78, 5) is 14.3. The third-order valence-electron chi connectivity index (χ3n) is 6.61. The molecular formula is C21H28F3NO2. The molecule has 2 aliphatic rings. The van der Waals surface area contributed by atoms with Gasteiger partial charge >= 0.3 is 6.18 Å². The molecule has 0 aromatic heterocycles. The molecule has 2 fully saturated rings. The molecule has 27 heavy (non-hydrogen) atoms. The van der Waals surface area contributed by atoms with E-state index in [-0.39, 0.29) is 23.8 Å². The number of nitrogens with zero attached hydrogens (tertiary/aromatic N) is 1. The number of hydrogen-bond acceptors (Lipinski definition) is 2. The van der Waals surface area contributed by atoms with Gasteiger partial charge in [0.05, 0.1) is 18.1 Å². The highest BCUT2D eigenvalue weighted by Gasteiger charge is 2.43. The number of piperidine rings is 1. The molecule has 3 rings (SSSR count). The zero-order valence-corrected chi connectivity index (χ0v) is 15.8. The van der Waals surface area contributed by atoms with Crippen LogP contribution in [-0.4, -0.2) is 35.6 Å². The highest BCUT2D eigenvalue weighted by atomic mass is 19.4. The van der Waals surface area contributed by atoms with Crippen molar-refractivity contribution in [1.29, 1.82) is 0 Å². The molecule has 1 unspecified atom stereocenters. The lowest BCUT2D eigenvalue weighted by molar-refractivity contribution is -0.139. The molecule has 1 N–H and O–H groups in total. The summed E-state index contributed by atoms with van der Waals surface area (Å²) in [5.74, 6) is 0.0463. The Balaban J connectivity index is 1.59. The first-order valence-electron chi connectivity index (χ1n) is 9.85. The molecule has 150 valence electrons. The average molecular weight is 383 g/mol. The first kappa shape index (κ1) is 20.2. The van der Waals surface area contributed by atoms with Crippen LogP contribution in [0.25, 0.3) is 0 Å². The predicted molar refractivity (Wildman–Crippen MR) is 97.1 cm³/mol. The van der Waals surface area contributed by atoms with Gasteiger partial charge in [-0.15, -0.1) is 0 Å². The van der Waals surface area contributed by atoms with E-state index in [1.807, 2.05) is 11.8 Å². The normalized spacial score (nSPS) is 23.6. The molecule has 1 spiro atoms. The van der Waals surface area contributed by atoms with Crippen molar-refractivity contribution in [2.24, 2.45) is 11.3 Å². The fourth-order valence-corrected chi connectivity index (χ4v) is 4.73. The van der Waals surface area contributed by atoms with Crippen molar-refractivity contribution in [2.75, 3.05) is 19.7 Å². The van der Waals surface area contributed by atoms with Crippen LogP contribution in [-0.2, 0) is 11.0 Å². The summed E-state index contributed by atoms with van der Waals surface area (Å²) >= 11 is 0. The zero-order valence-electron chi connectivity index (χ0n) is 15.8. The largest absolute Gasteiger partial charge is 0.416 e. The molecule has 1 saturated heterocycles. The van der Waals surface area contributed by atoms with E-state index in [9.17, 15) is 23.1 Å². The van der Waals surface area contributed by atoms with Crippen molar-refractivity contribution in [3.63, 3.8) is 0 Å². The minimum absolute atomic E-state index is 0.0483. The predicted octanol–water partition coefficient (Wildman–Crippen LogP) is 4.60. The van der Waals surface area contributed by atoms with Gasteiger partial charge in [0.25, 0.3) is 0 Å². The fraction of sp³-hybridized carbons (Fsp3) is 0.667. The van der Waals surface area contributed by atoms with Crippen molar-refractivity contribution in [3.8, 4) is 0 Å². The summed E-state index contributed by atoms with van der Waals surface area (Å²) in [6.07, 6.45) is 1.28. The van der Waals surface area contributed by atoms with E-state index < -0.39 is 11.7 Å². The lowest BCUT2D eigenvalue weighted by Gasteiger charge is -2.40. The van der Waals surface area contributed by atoms with Gasteiger partial charge in [-0.2, -0.15) is 13.2 Å². The van der Waals surface area contributed by atoms with Crippen LogP contribution in [0.15, 0.2) is 24.3 Å². The van der Waals surface area contributed by atoms with Crippen LogP contribution in [0.4, 0.5) is 13.2 Å². The SMILES string of the molecule is CC[C@H](CO)C(=O)N1CCC2(CCC(c3ccc(C(F)(F)F)cc3)C2)CC1. The molecule has 6 heteroatoms. The fourth-order valence-electron chi connectivity index (χ4n) is 4.73. The second-order valence-electron chi connectivity index (χ2n) is 8.17. The molecule has 3 nitrogen and oxygen atoms in total. The van der Waals surface area contributed by atoms with E-state index >= 15 is 0 Å². The van der Waals surface area contributed by atoms with Gasteiger partial charge in [0.1, 0.15) is 0 Å². The molecule has 1 aliphatic heterocycles. The maximum Gasteiger partial charge on any atom is 0.416 e. The van der Waals surface area contributed by atoms with E-state index in [1.54, 1.807) is 12.1 Å². The van der Waals surface area contributed by atoms with Crippen molar-refractivity contribution in [1.82, 2.24) is 4.90 Å². The van der Waals surface area contributed by atoms with Crippen molar-refractivity contribution < 1.29 is 23.1 Å². The molecule has 1 heterocycles. The highest BCUT2D eigenvalue weighted by molar-refractivity contribution is 5.79. The van der Waals surface area contributed by atoms with Crippen LogP contribution in [0.2, 0.25) is 0 Å². The summed E-state index contributed by atoms with van der Waals surface area (Å²) in [6.45, 7) is 3.24. The highest BCUT2D eigenvalue weighted by Crippen LogP contribution is 2.52. The Morgan fingerprint density at radius 3 is 2.37 bits per heavy atom. The quantitative estimate of drug-likeness (QED) is 0.825. The number of aliphatic hydroxyl groups excluding tert-OH is 1.